The molecular formula is C13H11ClN2O2S2. The van der Waals surface area contributed by atoms with Crippen molar-refractivity contribution in [2.24, 2.45) is 0 Å². The molecule has 1 N–H and O–H groups in total. The molecule has 1 aromatic heterocycles. The molecule has 0 saturated carbocycles. The molecule has 0 bridgehead atoms. The summed E-state index contributed by atoms with van der Waals surface area (Å²) < 4.78 is 27.4. The molecule has 2 aromatic rings. The number of thiophene rings is 1. The van der Waals surface area contributed by atoms with Gasteiger partial charge in [0.15, 0.2) is 0 Å². The molecule has 0 amide bonds. The third kappa shape index (κ3) is 3.58. The normalized spacial score (nSPS) is 11.2. The van der Waals surface area contributed by atoms with Crippen LogP contribution in [0.5, 0.6) is 0 Å². The van der Waals surface area contributed by atoms with Crippen LogP contribution in [0.4, 0.5) is 0 Å². The summed E-state index contributed by atoms with van der Waals surface area (Å²) in [5.74, 6) is 0. The number of halogens is 1. The zero-order chi connectivity index (χ0) is 14.6. The van der Waals surface area contributed by atoms with Crippen LogP contribution in [0.25, 0.3) is 0 Å². The van der Waals surface area contributed by atoms with E-state index in [1.807, 2.05) is 12.1 Å². The number of nitrogens with one attached hydrogen (secondary N) is 1. The van der Waals surface area contributed by atoms with Crippen LogP contribution in [0.15, 0.2) is 41.3 Å². The molecule has 0 radical (unpaired) electrons. The predicted molar refractivity (Wildman–Crippen MR) is 79.4 cm³/mol. The molecule has 0 aliphatic rings. The first-order valence-electron chi connectivity index (χ1n) is 5.76. The van der Waals surface area contributed by atoms with Crippen LogP contribution in [0.3, 0.4) is 0 Å². The van der Waals surface area contributed by atoms with Crippen LogP contribution in [-0.4, -0.2) is 15.0 Å². The topological polar surface area (TPSA) is 70.0 Å². The first-order valence-corrected chi connectivity index (χ1v) is 8.44. The van der Waals surface area contributed by atoms with Crippen LogP contribution in [0.2, 0.25) is 4.34 Å². The average Bonchev–Trinajstić information content (AvgIpc) is 2.84. The molecule has 0 aliphatic heterocycles. The monoisotopic (exact) mass is 326 g/mol. The van der Waals surface area contributed by atoms with Crippen molar-refractivity contribution in [3.05, 3.63) is 51.2 Å². The molecule has 0 saturated heterocycles. The molecule has 4 nitrogen and oxygen atoms in total. The lowest BCUT2D eigenvalue weighted by atomic mass is 10.2. The van der Waals surface area contributed by atoms with Crippen molar-refractivity contribution < 1.29 is 8.42 Å². The molecule has 0 atom stereocenters. The highest BCUT2D eigenvalue weighted by Crippen LogP contribution is 2.21. The fraction of sp³-hybridized carbons (Fsp3) is 0.154. The van der Waals surface area contributed by atoms with Crippen molar-refractivity contribution >= 4 is 33.0 Å². The quantitative estimate of drug-likeness (QED) is 0.918. The van der Waals surface area contributed by atoms with Crippen molar-refractivity contribution in [1.82, 2.24) is 4.72 Å². The number of benzene rings is 1. The number of nitrogens with zero attached hydrogens (tertiary/aromatic N) is 1. The number of rotatable bonds is 5. The second-order valence-corrected chi connectivity index (χ2v) is 7.50. The van der Waals surface area contributed by atoms with Gasteiger partial charge in [-0.15, -0.1) is 11.3 Å². The van der Waals surface area contributed by atoms with Crippen molar-refractivity contribution in [2.75, 3.05) is 6.54 Å². The lowest BCUT2D eigenvalue weighted by molar-refractivity contribution is 0.581. The lowest BCUT2D eigenvalue weighted by Gasteiger charge is -2.07. The molecule has 0 spiro atoms. The second kappa shape index (κ2) is 6.37. The van der Waals surface area contributed by atoms with Crippen molar-refractivity contribution in [1.29, 1.82) is 5.26 Å². The van der Waals surface area contributed by atoms with E-state index in [-0.39, 0.29) is 17.0 Å². The Morgan fingerprint density at radius 1 is 1.25 bits per heavy atom. The van der Waals surface area contributed by atoms with Gasteiger partial charge in [0.2, 0.25) is 10.0 Å². The number of hydrogen-bond donors (Lipinski definition) is 1. The predicted octanol–water partition coefficient (Wildman–Crippen LogP) is 2.79. The van der Waals surface area contributed by atoms with Gasteiger partial charge in [-0.2, -0.15) is 5.26 Å². The summed E-state index contributed by atoms with van der Waals surface area (Å²) in [7, 11) is -3.67. The van der Waals surface area contributed by atoms with Gasteiger partial charge in [0.25, 0.3) is 0 Å². The van der Waals surface area contributed by atoms with Gasteiger partial charge in [-0.1, -0.05) is 23.7 Å². The Balaban J connectivity index is 2.06. The Labute approximate surface area is 126 Å². The summed E-state index contributed by atoms with van der Waals surface area (Å²) in [5, 5.41) is 8.93. The van der Waals surface area contributed by atoms with E-state index in [4.69, 9.17) is 16.9 Å². The Hall–Kier alpha value is -1.39. The molecule has 0 aliphatic carbocycles. The summed E-state index contributed by atoms with van der Waals surface area (Å²) >= 11 is 7.23. The van der Waals surface area contributed by atoms with Crippen LogP contribution in [-0.2, 0) is 16.4 Å². The number of hydrogen-bond acceptors (Lipinski definition) is 4. The van der Waals surface area contributed by atoms with E-state index < -0.39 is 10.0 Å². The third-order valence-corrected chi connectivity index (χ3v) is 5.40. The summed E-state index contributed by atoms with van der Waals surface area (Å²) in [4.78, 5) is 1.01. The maximum absolute atomic E-state index is 12.1. The summed E-state index contributed by atoms with van der Waals surface area (Å²) in [5.41, 5.74) is 0.138. The zero-order valence-corrected chi connectivity index (χ0v) is 12.7. The van der Waals surface area contributed by atoms with Crippen LogP contribution in [0, 0.1) is 11.3 Å². The van der Waals surface area contributed by atoms with Crippen molar-refractivity contribution in [3.63, 3.8) is 0 Å². The van der Waals surface area contributed by atoms with Crippen molar-refractivity contribution in [2.45, 2.75) is 11.3 Å². The molecule has 1 heterocycles. The van der Waals surface area contributed by atoms with E-state index in [1.54, 1.807) is 18.2 Å². The smallest absolute Gasteiger partial charge is 0.211 e. The van der Waals surface area contributed by atoms with Gasteiger partial charge in [-0.25, -0.2) is 13.1 Å². The highest BCUT2D eigenvalue weighted by molar-refractivity contribution is 7.89. The van der Waals surface area contributed by atoms with Crippen LogP contribution < -0.4 is 4.72 Å². The van der Waals surface area contributed by atoms with E-state index in [0.717, 1.165) is 4.88 Å². The van der Waals surface area contributed by atoms with Gasteiger partial charge in [-0.05, 0) is 30.7 Å². The number of sulfonamides is 1. The third-order valence-electron chi connectivity index (χ3n) is 2.59. The Bertz CT molecular complexity index is 748. The molecule has 1 aromatic carbocycles. The van der Waals surface area contributed by atoms with Gasteiger partial charge in [-0.3, -0.25) is 0 Å². The SMILES string of the molecule is N#Cc1ccccc1S(=O)(=O)NCCc1ccc(Cl)s1. The van der Waals surface area contributed by atoms with Gasteiger partial charge in [0.05, 0.1) is 14.8 Å². The van der Waals surface area contributed by atoms with Gasteiger partial charge < -0.3 is 0 Å². The maximum Gasteiger partial charge on any atom is 0.241 e. The molecule has 0 fully saturated rings. The van der Waals surface area contributed by atoms with E-state index in [1.165, 1.54) is 23.5 Å². The largest absolute Gasteiger partial charge is 0.241 e. The molecular weight excluding hydrogens is 316 g/mol. The number of nitriles is 1. The van der Waals surface area contributed by atoms with E-state index in [2.05, 4.69) is 4.72 Å². The van der Waals surface area contributed by atoms with Gasteiger partial charge >= 0.3 is 0 Å². The standard InChI is InChI=1S/C13H11ClN2O2S2/c14-13-6-5-11(19-13)7-8-16-20(17,18)12-4-2-1-3-10(12)9-15/h1-6,16H,7-8H2. The molecule has 7 heteroatoms. The highest BCUT2D eigenvalue weighted by Gasteiger charge is 2.17. The minimum atomic E-state index is -3.67. The Morgan fingerprint density at radius 3 is 2.65 bits per heavy atom. The first-order chi connectivity index (χ1) is 9.53. The molecule has 104 valence electrons. The summed E-state index contributed by atoms with van der Waals surface area (Å²) in [6.45, 7) is 0.263. The molecule has 0 unspecified atom stereocenters. The van der Waals surface area contributed by atoms with E-state index in [9.17, 15) is 8.42 Å². The Kier molecular flexibility index (Phi) is 4.78. The average molecular weight is 327 g/mol. The maximum atomic E-state index is 12.1. The fourth-order valence-corrected chi connectivity index (χ4v) is 3.94. The van der Waals surface area contributed by atoms with Gasteiger partial charge in [0.1, 0.15) is 6.07 Å². The van der Waals surface area contributed by atoms with E-state index in [0.29, 0.717) is 10.8 Å². The van der Waals surface area contributed by atoms with Crippen molar-refractivity contribution in [3.8, 4) is 6.07 Å². The van der Waals surface area contributed by atoms with Gasteiger partial charge in [0, 0.05) is 11.4 Å². The Morgan fingerprint density at radius 2 is 2.00 bits per heavy atom. The van der Waals surface area contributed by atoms with E-state index >= 15 is 0 Å². The minimum absolute atomic E-state index is 0.00621. The highest BCUT2D eigenvalue weighted by atomic mass is 35.5. The fourth-order valence-electron chi connectivity index (χ4n) is 1.67. The zero-order valence-electron chi connectivity index (χ0n) is 10.3. The molecule has 20 heavy (non-hydrogen) atoms. The second-order valence-electron chi connectivity index (χ2n) is 3.96. The summed E-state index contributed by atoms with van der Waals surface area (Å²) in [6.07, 6.45) is 0.561. The first kappa shape index (κ1) is 15.0. The molecule has 2 rings (SSSR count). The summed E-state index contributed by atoms with van der Waals surface area (Å²) in [6, 6.07) is 11.6. The van der Waals surface area contributed by atoms with Crippen LogP contribution >= 0.6 is 22.9 Å². The van der Waals surface area contributed by atoms with Crippen LogP contribution in [0.1, 0.15) is 10.4 Å². The lowest BCUT2D eigenvalue weighted by Crippen LogP contribution is -2.26. The minimum Gasteiger partial charge on any atom is -0.211 e.